The SMILES string of the molecule is CC(C)[Si](OCC(C)(C(=O)N1Cc2cn(S(=O)(=O)c3ccc4ncsc4c3)nc2C1)c1ccccn1)(C(C)C)C(C)C. The van der Waals surface area contributed by atoms with Gasteiger partial charge in [0.1, 0.15) is 5.41 Å². The highest BCUT2D eigenvalue weighted by Crippen LogP contribution is 2.44. The molecule has 4 aromatic rings. The molecular formula is C30H39N5O4S2Si. The van der Waals surface area contributed by atoms with E-state index in [4.69, 9.17) is 4.43 Å². The molecule has 1 atom stereocenters. The maximum absolute atomic E-state index is 14.3. The molecule has 42 heavy (non-hydrogen) atoms. The molecule has 0 spiro atoms. The summed E-state index contributed by atoms with van der Waals surface area (Å²) in [6, 6.07) is 10.5. The fraction of sp³-hybridized carbons (Fsp3) is 0.467. The highest BCUT2D eigenvalue weighted by Gasteiger charge is 2.49. The summed E-state index contributed by atoms with van der Waals surface area (Å²) in [4.78, 5) is 25.0. The van der Waals surface area contributed by atoms with Gasteiger partial charge in [0.05, 0.1) is 45.2 Å². The molecule has 0 radical (unpaired) electrons. The minimum absolute atomic E-state index is 0.108. The lowest BCUT2D eigenvalue weighted by molar-refractivity contribution is -0.139. The molecule has 1 aliphatic heterocycles. The highest BCUT2D eigenvalue weighted by molar-refractivity contribution is 7.89. The number of aromatic nitrogens is 4. The zero-order valence-corrected chi connectivity index (χ0v) is 27.9. The topological polar surface area (TPSA) is 107 Å². The van der Waals surface area contributed by atoms with E-state index in [-0.39, 0.29) is 30.5 Å². The molecule has 1 unspecified atom stereocenters. The average Bonchev–Trinajstić information content (AvgIpc) is 3.67. The van der Waals surface area contributed by atoms with E-state index in [1.807, 2.05) is 25.1 Å². The van der Waals surface area contributed by atoms with Gasteiger partial charge in [0.2, 0.25) is 5.91 Å². The Morgan fingerprint density at radius 3 is 2.38 bits per heavy atom. The normalized spacial score (nSPS) is 15.6. The van der Waals surface area contributed by atoms with Crippen molar-refractivity contribution in [3.8, 4) is 0 Å². The molecule has 9 nitrogen and oxygen atoms in total. The van der Waals surface area contributed by atoms with Crippen LogP contribution in [0.2, 0.25) is 16.6 Å². The fourth-order valence-corrected chi connectivity index (χ4v) is 14.1. The number of pyridine rings is 1. The predicted octanol–water partition coefficient (Wildman–Crippen LogP) is 6.12. The summed E-state index contributed by atoms with van der Waals surface area (Å²) in [5, 5.41) is 4.43. The quantitative estimate of drug-likeness (QED) is 0.196. The predicted molar refractivity (Wildman–Crippen MR) is 167 cm³/mol. The molecule has 1 aromatic carbocycles. The Morgan fingerprint density at radius 1 is 1.05 bits per heavy atom. The van der Waals surface area contributed by atoms with Crippen molar-refractivity contribution in [1.29, 1.82) is 0 Å². The number of carbonyl (C=O) groups is 1. The monoisotopic (exact) mass is 625 g/mol. The van der Waals surface area contributed by atoms with E-state index in [1.165, 1.54) is 17.5 Å². The van der Waals surface area contributed by atoms with E-state index in [9.17, 15) is 13.2 Å². The first-order valence-corrected chi connectivity index (χ1v) is 18.8. The maximum atomic E-state index is 14.3. The van der Waals surface area contributed by atoms with E-state index in [2.05, 4.69) is 56.6 Å². The van der Waals surface area contributed by atoms with Crippen molar-refractivity contribution >= 4 is 45.8 Å². The standard InChI is InChI=1S/C30H39N5O4S2Si/c1-20(2)42(21(3)4,22(5)6)39-18-30(7,28-10-8-9-13-31-28)29(36)34-15-23-16-35(33-26(23)17-34)41(37,38)24-11-12-25-27(14-24)40-19-32-25/h8-14,16,19-22H,15,17-18H2,1-7H3. The molecule has 4 heterocycles. The van der Waals surface area contributed by atoms with Crippen molar-refractivity contribution in [3.63, 3.8) is 0 Å². The molecule has 0 bridgehead atoms. The van der Waals surface area contributed by atoms with Crippen LogP contribution in [0.1, 0.15) is 65.4 Å². The second kappa shape index (κ2) is 11.3. The number of thiazole rings is 1. The van der Waals surface area contributed by atoms with E-state index in [0.29, 0.717) is 33.6 Å². The molecule has 0 aliphatic carbocycles. The molecule has 224 valence electrons. The lowest BCUT2D eigenvalue weighted by Gasteiger charge is -2.44. The highest BCUT2D eigenvalue weighted by atomic mass is 32.2. The van der Waals surface area contributed by atoms with Gasteiger partial charge in [-0.15, -0.1) is 11.3 Å². The van der Waals surface area contributed by atoms with Gasteiger partial charge < -0.3 is 9.33 Å². The Morgan fingerprint density at radius 2 is 1.76 bits per heavy atom. The second-order valence-electron chi connectivity index (χ2n) is 12.3. The molecule has 0 fully saturated rings. The van der Waals surface area contributed by atoms with Gasteiger partial charge in [0.25, 0.3) is 10.0 Å². The molecule has 1 amide bonds. The molecule has 0 saturated heterocycles. The first kappa shape index (κ1) is 30.5. The van der Waals surface area contributed by atoms with Crippen LogP contribution in [0.5, 0.6) is 0 Å². The van der Waals surface area contributed by atoms with Crippen LogP contribution >= 0.6 is 11.3 Å². The van der Waals surface area contributed by atoms with Crippen molar-refractivity contribution < 1.29 is 17.6 Å². The van der Waals surface area contributed by atoms with Crippen LogP contribution in [0.15, 0.2) is 59.2 Å². The van der Waals surface area contributed by atoms with Crippen LogP contribution in [-0.2, 0) is 37.7 Å². The summed E-state index contributed by atoms with van der Waals surface area (Å²) < 4.78 is 35.6. The minimum atomic E-state index is -3.89. The van der Waals surface area contributed by atoms with Crippen molar-refractivity contribution in [2.75, 3.05) is 6.61 Å². The lowest BCUT2D eigenvalue weighted by Crippen LogP contribution is -2.53. The number of hydrogen-bond acceptors (Lipinski definition) is 8. The van der Waals surface area contributed by atoms with Crippen molar-refractivity contribution in [1.82, 2.24) is 24.1 Å². The zero-order chi connectivity index (χ0) is 30.4. The van der Waals surface area contributed by atoms with Crippen molar-refractivity contribution in [2.45, 2.75) is 88.5 Å². The number of benzene rings is 1. The van der Waals surface area contributed by atoms with Gasteiger partial charge in [-0.3, -0.25) is 9.78 Å². The first-order chi connectivity index (χ1) is 19.8. The Labute approximate surface area is 253 Å². The van der Waals surface area contributed by atoms with Gasteiger partial charge in [-0.2, -0.15) is 17.6 Å². The van der Waals surface area contributed by atoms with Crippen LogP contribution < -0.4 is 0 Å². The average molecular weight is 626 g/mol. The van der Waals surface area contributed by atoms with Gasteiger partial charge in [-0.05, 0) is 53.9 Å². The molecule has 5 rings (SSSR count). The Hall–Kier alpha value is -2.93. The summed E-state index contributed by atoms with van der Waals surface area (Å²) in [5.74, 6) is -0.108. The number of nitrogens with zero attached hydrogens (tertiary/aromatic N) is 5. The summed E-state index contributed by atoms with van der Waals surface area (Å²) in [5.41, 5.74) is 4.48. The third-order valence-electron chi connectivity index (χ3n) is 8.71. The largest absolute Gasteiger partial charge is 0.415 e. The summed E-state index contributed by atoms with van der Waals surface area (Å²) in [7, 11) is -6.15. The van der Waals surface area contributed by atoms with E-state index in [1.54, 1.807) is 34.8 Å². The molecule has 0 N–H and O–H groups in total. The number of hydrogen-bond donors (Lipinski definition) is 0. The Kier molecular flexibility index (Phi) is 8.20. The summed E-state index contributed by atoms with van der Waals surface area (Å²) in [6.07, 6.45) is 3.23. The van der Waals surface area contributed by atoms with Crippen molar-refractivity contribution in [2.24, 2.45) is 0 Å². The molecule has 0 saturated carbocycles. The van der Waals surface area contributed by atoms with Crippen LogP contribution in [-0.4, -0.2) is 53.3 Å². The van der Waals surface area contributed by atoms with Crippen molar-refractivity contribution in [3.05, 3.63) is 71.3 Å². The third kappa shape index (κ3) is 5.12. The van der Waals surface area contributed by atoms with Gasteiger partial charge in [-0.25, -0.2) is 4.98 Å². The first-order valence-electron chi connectivity index (χ1n) is 14.3. The smallest absolute Gasteiger partial charge is 0.283 e. The fourth-order valence-electron chi connectivity index (χ4n) is 6.55. The maximum Gasteiger partial charge on any atom is 0.283 e. The summed E-state index contributed by atoms with van der Waals surface area (Å²) >= 11 is 1.39. The molecular weight excluding hydrogens is 587 g/mol. The molecule has 1 aliphatic rings. The minimum Gasteiger partial charge on any atom is -0.415 e. The van der Waals surface area contributed by atoms with E-state index in [0.717, 1.165) is 14.3 Å². The van der Waals surface area contributed by atoms with Crippen LogP contribution in [0, 0.1) is 0 Å². The van der Waals surface area contributed by atoms with Crippen LogP contribution in [0.4, 0.5) is 0 Å². The van der Waals surface area contributed by atoms with Gasteiger partial charge in [-0.1, -0.05) is 47.6 Å². The van der Waals surface area contributed by atoms with E-state index < -0.39 is 23.8 Å². The van der Waals surface area contributed by atoms with Crippen LogP contribution in [0.3, 0.4) is 0 Å². The van der Waals surface area contributed by atoms with Crippen LogP contribution in [0.25, 0.3) is 10.2 Å². The summed E-state index contributed by atoms with van der Waals surface area (Å²) in [6.45, 7) is 16.0. The Balaban J connectivity index is 1.41. The Bertz CT molecular complexity index is 1660. The number of rotatable bonds is 10. The zero-order valence-electron chi connectivity index (χ0n) is 25.2. The van der Waals surface area contributed by atoms with E-state index >= 15 is 0 Å². The molecule has 12 heteroatoms. The second-order valence-corrected chi connectivity index (χ2v) is 20.4. The van der Waals surface area contributed by atoms with Gasteiger partial charge in [0, 0.05) is 24.5 Å². The van der Waals surface area contributed by atoms with Gasteiger partial charge in [0.15, 0.2) is 8.32 Å². The number of carbonyl (C=O) groups excluding carboxylic acids is 1. The number of fused-ring (bicyclic) bond motifs is 2. The molecule has 3 aromatic heterocycles. The number of amides is 1. The van der Waals surface area contributed by atoms with Gasteiger partial charge >= 0.3 is 0 Å². The lowest BCUT2D eigenvalue weighted by atomic mass is 9.85. The third-order valence-corrected chi connectivity index (χ3v) is 17.1.